The molecule has 2 atom stereocenters. The minimum absolute atomic E-state index is 0.156. The van der Waals surface area contributed by atoms with Crippen molar-refractivity contribution in [1.82, 2.24) is 0 Å². The monoisotopic (exact) mass is 256 g/mol. The van der Waals surface area contributed by atoms with Crippen molar-refractivity contribution < 1.29 is 14.6 Å². The summed E-state index contributed by atoms with van der Waals surface area (Å²) in [4.78, 5) is 10.2. The van der Waals surface area contributed by atoms with Crippen LogP contribution in [-0.4, -0.2) is 17.9 Å². The van der Waals surface area contributed by atoms with Crippen LogP contribution in [0, 0.1) is 17.8 Å². The quantitative estimate of drug-likeness (QED) is 0.479. The summed E-state index contributed by atoms with van der Waals surface area (Å²) in [6.45, 7) is 8.99. The molecule has 0 aromatic rings. The van der Waals surface area contributed by atoms with E-state index in [-0.39, 0.29) is 12.5 Å². The maximum atomic E-state index is 10.2. The lowest BCUT2D eigenvalue weighted by Crippen LogP contribution is -2.07. The number of carboxylic acid groups (broad SMARTS) is 1. The van der Waals surface area contributed by atoms with E-state index >= 15 is 0 Å². The van der Waals surface area contributed by atoms with Gasteiger partial charge in [0.15, 0.2) is 0 Å². The molecule has 0 rings (SSSR count). The van der Waals surface area contributed by atoms with E-state index in [2.05, 4.69) is 31.6 Å². The van der Waals surface area contributed by atoms with Crippen LogP contribution in [0.25, 0.3) is 0 Å². The van der Waals surface area contributed by atoms with Crippen LogP contribution in [0.4, 0.5) is 4.79 Å². The van der Waals surface area contributed by atoms with E-state index in [4.69, 9.17) is 5.11 Å². The van der Waals surface area contributed by atoms with Crippen molar-refractivity contribution >= 4 is 6.16 Å². The predicted octanol–water partition coefficient (Wildman–Crippen LogP) is 4.73. The molecule has 0 aliphatic heterocycles. The number of rotatable bonds is 9. The normalized spacial score (nSPS) is 14.9. The van der Waals surface area contributed by atoms with Gasteiger partial charge >= 0.3 is 6.16 Å². The summed E-state index contributed by atoms with van der Waals surface area (Å²) in [5, 5.41) is 8.37. The van der Waals surface area contributed by atoms with Gasteiger partial charge in [-0.3, -0.25) is 0 Å². The van der Waals surface area contributed by atoms with Gasteiger partial charge in [0, 0.05) is 5.92 Å². The molecule has 0 radical (unpaired) electrons. The third-order valence-electron chi connectivity index (χ3n) is 2.95. The Labute approximate surface area is 111 Å². The number of ether oxygens (including phenoxy) is 1. The first kappa shape index (κ1) is 17.0. The first-order valence-electron chi connectivity index (χ1n) is 6.94. The minimum atomic E-state index is -1.20. The van der Waals surface area contributed by atoms with Crippen LogP contribution < -0.4 is 0 Å². The lowest BCUT2D eigenvalue weighted by atomic mass is 9.97. The molecule has 0 heterocycles. The Bertz CT molecular complexity index is 246. The van der Waals surface area contributed by atoms with Gasteiger partial charge in [-0.15, -0.1) is 0 Å². The highest BCUT2D eigenvalue weighted by atomic mass is 16.7. The molecule has 0 saturated carbocycles. The molecule has 3 nitrogen and oxygen atoms in total. The Kier molecular flexibility index (Phi) is 9.43. The topological polar surface area (TPSA) is 46.5 Å². The fraction of sp³-hybridized carbons (Fsp3) is 0.800. The zero-order chi connectivity index (χ0) is 14.0. The van der Waals surface area contributed by atoms with Gasteiger partial charge in [0.2, 0.25) is 0 Å². The predicted molar refractivity (Wildman–Crippen MR) is 74.8 cm³/mol. The highest BCUT2D eigenvalue weighted by molar-refractivity contribution is 5.56. The van der Waals surface area contributed by atoms with Crippen LogP contribution >= 0.6 is 0 Å². The lowest BCUT2D eigenvalue weighted by Gasteiger charge is -2.10. The molecule has 0 bridgehead atoms. The van der Waals surface area contributed by atoms with Crippen LogP contribution in [-0.2, 0) is 4.74 Å². The minimum Gasteiger partial charge on any atom is -0.450 e. The van der Waals surface area contributed by atoms with E-state index in [1.54, 1.807) is 0 Å². The second kappa shape index (κ2) is 9.98. The third kappa shape index (κ3) is 11.5. The molecule has 0 aliphatic rings. The number of carbonyl (C=O) groups is 1. The molecule has 3 heteroatoms. The summed E-state index contributed by atoms with van der Waals surface area (Å²) < 4.78 is 4.52. The number of hydrogen-bond donors (Lipinski definition) is 1. The summed E-state index contributed by atoms with van der Waals surface area (Å²) in [5.41, 5.74) is 0. The van der Waals surface area contributed by atoms with Gasteiger partial charge in [-0.25, -0.2) is 4.79 Å². The van der Waals surface area contributed by atoms with E-state index in [1.165, 1.54) is 19.3 Å². The molecule has 18 heavy (non-hydrogen) atoms. The van der Waals surface area contributed by atoms with Gasteiger partial charge in [0.05, 0.1) is 0 Å². The Morgan fingerprint density at radius 3 is 2.44 bits per heavy atom. The summed E-state index contributed by atoms with van der Waals surface area (Å²) in [6, 6.07) is 0. The molecule has 0 aromatic heterocycles. The van der Waals surface area contributed by atoms with E-state index in [0.717, 1.165) is 12.3 Å². The van der Waals surface area contributed by atoms with Gasteiger partial charge in [0.1, 0.15) is 6.61 Å². The van der Waals surface area contributed by atoms with Crippen LogP contribution in [0.5, 0.6) is 0 Å². The molecule has 106 valence electrons. The Hall–Kier alpha value is -0.990. The van der Waals surface area contributed by atoms with Crippen LogP contribution in [0.2, 0.25) is 0 Å². The molecule has 0 unspecified atom stereocenters. The van der Waals surface area contributed by atoms with Gasteiger partial charge in [-0.2, -0.15) is 0 Å². The fourth-order valence-corrected chi connectivity index (χ4v) is 1.79. The van der Waals surface area contributed by atoms with Crippen molar-refractivity contribution in [2.75, 3.05) is 6.61 Å². The SMILES string of the molecule is CC(C)CCC[C@@H](C)C/C=C/[C@@H](C)COC(=O)O. The Morgan fingerprint density at radius 2 is 1.89 bits per heavy atom. The van der Waals surface area contributed by atoms with Gasteiger partial charge in [-0.1, -0.05) is 59.1 Å². The van der Waals surface area contributed by atoms with Crippen molar-refractivity contribution in [3.05, 3.63) is 12.2 Å². The summed E-state index contributed by atoms with van der Waals surface area (Å²) in [5.74, 6) is 1.65. The second-order valence-corrected chi connectivity index (χ2v) is 5.65. The Balaban J connectivity index is 3.63. The van der Waals surface area contributed by atoms with Gasteiger partial charge in [0.25, 0.3) is 0 Å². The van der Waals surface area contributed by atoms with Crippen LogP contribution in [0.15, 0.2) is 12.2 Å². The van der Waals surface area contributed by atoms with Crippen LogP contribution in [0.3, 0.4) is 0 Å². The van der Waals surface area contributed by atoms with Crippen molar-refractivity contribution in [2.24, 2.45) is 17.8 Å². The standard InChI is InChI=1S/C15H28O3/c1-12(2)7-5-8-13(3)9-6-10-14(4)11-18-15(16)17/h6,10,12-14H,5,7-9,11H2,1-4H3,(H,16,17)/b10-6+/t13-,14-/m1/s1. The second-order valence-electron chi connectivity index (χ2n) is 5.65. The zero-order valence-corrected chi connectivity index (χ0v) is 12.2. The molecule has 0 spiro atoms. The third-order valence-corrected chi connectivity index (χ3v) is 2.95. The smallest absolute Gasteiger partial charge is 0.450 e. The van der Waals surface area contributed by atoms with Crippen LogP contribution in [0.1, 0.15) is 53.4 Å². The summed E-state index contributed by atoms with van der Waals surface area (Å²) in [7, 11) is 0. The van der Waals surface area contributed by atoms with Crippen molar-refractivity contribution in [3.8, 4) is 0 Å². The van der Waals surface area contributed by atoms with Crippen molar-refractivity contribution in [1.29, 1.82) is 0 Å². The van der Waals surface area contributed by atoms with Crippen molar-refractivity contribution in [3.63, 3.8) is 0 Å². The zero-order valence-electron chi connectivity index (χ0n) is 12.2. The average molecular weight is 256 g/mol. The molecule has 0 amide bonds. The maximum absolute atomic E-state index is 10.2. The van der Waals surface area contributed by atoms with E-state index in [9.17, 15) is 4.79 Å². The highest BCUT2D eigenvalue weighted by Crippen LogP contribution is 2.16. The number of hydrogen-bond acceptors (Lipinski definition) is 2. The molecular weight excluding hydrogens is 228 g/mol. The van der Waals surface area contributed by atoms with Gasteiger partial charge < -0.3 is 9.84 Å². The van der Waals surface area contributed by atoms with E-state index in [1.807, 2.05) is 13.0 Å². The molecular formula is C15H28O3. The molecule has 1 N–H and O–H groups in total. The van der Waals surface area contributed by atoms with Crippen molar-refractivity contribution in [2.45, 2.75) is 53.4 Å². The van der Waals surface area contributed by atoms with Gasteiger partial charge in [-0.05, 0) is 18.3 Å². The first-order chi connectivity index (χ1) is 8.41. The maximum Gasteiger partial charge on any atom is 0.505 e. The summed E-state index contributed by atoms with van der Waals surface area (Å²) in [6.07, 6.45) is 7.93. The van der Waals surface area contributed by atoms with E-state index < -0.39 is 6.16 Å². The first-order valence-corrected chi connectivity index (χ1v) is 6.94. The molecule has 0 saturated heterocycles. The highest BCUT2D eigenvalue weighted by Gasteiger charge is 2.03. The van der Waals surface area contributed by atoms with E-state index in [0.29, 0.717) is 5.92 Å². The molecule has 0 aromatic carbocycles. The summed E-state index contributed by atoms with van der Waals surface area (Å²) >= 11 is 0. The molecule has 0 fully saturated rings. The largest absolute Gasteiger partial charge is 0.505 e. The average Bonchev–Trinajstić information content (AvgIpc) is 2.25. The fourth-order valence-electron chi connectivity index (χ4n) is 1.79. The molecule has 0 aliphatic carbocycles. The number of allylic oxidation sites excluding steroid dienone is 1. The Morgan fingerprint density at radius 1 is 1.22 bits per heavy atom. The lowest BCUT2D eigenvalue weighted by molar-refractivity contribution is 0.0844.